The zero-order valence-electron chi connectivity index (χ0n) is 12.7. The van der Waals surface area contributed by atoms with Crippen molar-refractivity contribution in [2.24, 2.45) is 0 Å². The third kappa shape index (κ3) is 5.61. The number of hydrogen-bond donors (Lipinski definition) is 2. The second-order valence-electron chi connectivity index (χ2n) is 5.90. The highest BCUT2D eigenvalue weighted by Crippen LogP contribution is 2.20. The van der Waals surface area contributed by atoms with E-state index in [1.165, 1.54) is 0 Å². The van der Waals surface area contributed by atoms with Gasteiger partial charge in [0.1, 0.15) is 5.60 Å². The van der Waals surface area contributed by atoms with Gasteiger partial charge in [0.2, 0.25) is 0 Å². The first kappa shape index (κ1) is 16.5. The van der Waals surface area contributed by atoms with Crippen LogP contribution in [0.4, 0.5) is 4.79 Å². The van der Waals surface area contributed by atoms with Crippen LogP contribution < -0.4 is 5.32 Å². The molecule has 0 unspecified atom stereocenters. The number of ether oxygens (including phenoxy) is 1. The van der Waals surface area contributed by atoms with Crippen molar-refractivity contribution in [3.63, 3.8) is 0 Å². The van der Waals surface area contributed by atoms with Gasteiger partial charge in [0.05, 0.1) is 12.1 Å². The van der Waals surface area contributed by atoms with Crippen molar-refractivity contribution in [3.05, 3.63) is 35.9 Å². The summed E-state index contributed by atoms with van der Waals surface area (Å²) in [6.45, 7) is 7.46. The SMILES string of the molecule is CCC[C@H](NC(=O)OC(C)(C)C)[C@H](O)c1ccccc1. The minimum absolute atomic E-state index is 0.350. The lowest BCUT2D eigenvalue weighted by Crippen LogP contribution is -2.42. The van der Waals surface area contributed by atoms with Crippen molar-refractivity contribution in [2.45, 2.75) is 58.3 Å². The van der Waals surface area contributed by atoms with Crippen LogP contribution in [0.2, 0.25) is 0 Å². The Labute approximate surface area is 121 Å². The summed E-state index contributed by atoms with van der Waals surface area (Å²) in [4.78, 5) is 11.8. The van der Waals surface area contributed by atoms with Crippen molar-refractivity contribution in [3.8, 4) is 0 Å². The van der Waals surface area contributed by atoms with Gasteiger partial charge in [-0.2, -0.15) is 0 Å². The van der Waals surface area contributed by atoms with Gasteiger partial charge in [-0.25, -0.2) is 4.79 Å². The molecule has 1 rings (SSSR count). The van der Waals surface area contributed by atoms with E-state index in [4.69, 9.17) is 4.74 Å². The largest absolute Gasteiger partial charge is 0.444 e. The quantitative estimate of drug-likeness (QED) is 0.868. The van der Waals surface area contributed by atoms with Crippen molar-refractivity contribution in [2.75, 3.05) is 0 Å². The average Bonchev–Trinajstić information content (AvgIpc) is 2.36. The Morgan fingerprint density at radius 1 is 1.30 bits per heavy atom. The summed E-state index contributed by atoms with van der Waals surface area (Å²) in [6.07, 6.45) is 0.328. The molecule has 0 heterocycles. The molecule has 4 nitrogen and oxygen atoms in total. The Morgan fingerprint density at radius 2 is 1.90 bits per heavy atom. The second-order valence-corrected chi connectivity index (χ2v) is 5.90. The van der Waals surface area contributed by atoms with E-state index < -0.39 is 17.8 Å². The molecule has 0 aliphatic rings. The number of aliphatic hydroxyl groups excluding tert-OH is 1. The van der Waals surface area contributed by atoms with Gasteiger partial charge < -0.3 is 15.2 Å². The molecule has 0 saturated carbocycles. The molecule has 2 N–H and O–H groups in total. The number of benzene rings is 1. The number of amides is 1. The first-order valence-electron chi connectivity index (χ1n) is 7.06. The fraction of sp³-hybridized carbons (Fsp3) is 0.562. The van der Waals surface area contributed by atoms with Gasteiger partial charge in [0.25, 0.3) is 0 Å². The van der Waals surface area contributed by atoms with Crippen LogP contribution >= 0.6 is 0 Å². The van der Waals surface area contributed by atoms with Crippen LogP contribution in [0.25, 0.3) is 0 Å². The summed E-state index contributed by atoms with van der Waals surface area (Å²) in [7, 11) is 0. The van der Waals surface area contributed by atoms with E-state index in [9.17, 15) is 9.90 Å². The van der Waals surface area contributed by atoms with Crippen LogP contribution in [-0.4, -0.2) is 22.8 Å². The van der Waals surface area contributed by atoms with E-state index in [0.717, 1.165) is 12.0 Å². The van der Waals surface area contributed by atoms with E-state index in [1.807, 2.05) is 58.0 Å². The van der Waals surface area contributed by atoms with Crippen LogP contribution in [0.15, 0.2) is 30.3 Å². The summed E-state index contributed by atoms with van der Waals surface area (Å²) in [5, 5.41) is 13.1. The van der Waals surface area contributed by atoms with Crippen LogP contribution in [0, 0.1) is 0 Å². The van der Waals surface area contributed by atoms with E-state index in [-0.39, 0.29) is 6.04 Å². The van der Waals surface area contributed by atoms with E-state index in [1.54, 1.807) is 0 Å². The highest BCUT2D eigenvalue weighted by atomic mass is 16.6. The highest BCUT2D eigenvalue weighted by Gasteiger charge is 2.24. The van der Waals surface area contributed by atoms with Gasteiger partial charge in [0.15, 0.2) is 0 Å². The Kier molecular flexibility index (Phi) is 6.02. The second kappa shape index (κ2) is 7.29. The number of alkyl carbamates (subject to hydrolysis) is 1. The molecule has 1 amide bonds. The molecule has 20 heavy (non-hydrogen) atoms. The molecule has 0 saturated heterocycles. The molecule has 0 aromatic heterocycles. The minimum Gasteiger partial charge on any atom is -0.444 e. The van der Waals surface area contributed by atoms with Gasteiger partial charge in [-0.3, -0.25) is 0 Å². The van der Waals surface area contributed by atoms with Crippen LogP contribution in [0.1, 0.15) is 52.2 Å². The van der Waals surface area contributed by atoms with E-state index in [0.29, 0.717) is 6.42 Å². The van der Waals surface area contributed by atoms with Crippen molar-refractivity contribution in [1.29, 1.82) is 0 Å². The number of aliphatic hydroxyl groups is 1. The number of carbonyl (C=O) groups is 1. The number of carbonyl (C=O) groups excluding carboxylic acids is 1. The standard InChI is InChI=1S/C16H25NO3/c1-5-9-13(17-15(19)20-16(2,3)4)14(18)12-10-7-6-8-11-12/h6-8,10-11,13-14,18H,5,9H2,1-4H3,(H,17,19)/t13-,14+/m0/s1. The Hall–Kier alpha value is -1.55. The third-order valence-corrected chi connectivity index (χ3v) is 2.82. The van der Waals surface area contributed by atoms with Crippen LogP contribution in [0.3, 0.4) is 0 Å². The molecule has 0 aliphatic heterocycles. The van der Waals surface area contributed by atoms with Crippen LogP contribution in [-0.2, 0) is 4.74 Å². The molecule has 4 heteroatoms. The Bertz CT molecular complexity index is 411. The minimum atomic E-state index is -0.733. The summed E-state index contributed by atoms with van der Waals surface area (Å²) in [5.41, 5.74) is 0.250. The zero-order chi connectivity index (χ0) is 15.2. The summed E-state index contributed by atoms with van der Waals surface area (Å²) in [6, 6.07) is 8.99. The third-order valence-electron chi connectivity index (χ3n) is 2.82. The van der Waals surface area contributed by atoms with Gasteiger partial charge in [0, 0.05) is 0 Å². The normalized spacial score (nSPS) is 14.4. The maximum absolute atomic E-state index is 11.8. The lowest BCUT2D eigenvalue weighted by atomic mass is 9.99. The predicted octanol–water partition coefficient (Wildman–Crippen LogP) is 3.41. The molecular weight excluding hydrogens is 254 g/mol. The van der Waals surface area contributed by atoms with Gasteiger partial charge in [-0.15, -0.1) is 0 Å². The van der Waals surface area contributed by atoms with Crippen molar-refractivity contribution in [1.82, 2.24) is 5.32 Å². The lowest BCUT2D eigenvalue weighted by Gasteiger charge is -2.26. The molecule has 1 aromatic rings. The molecule has 0 fully saturated rings. The molecule has 0 spiro atoms. The average molecular weight is 279 g/mol. The first-order valence-corrected chi connectivity index (χ1v) is 7.06. The predicted molar refractivity (Wildman–Crippen MR) is 79.5 cm³/mol. The summed E-state index contributed by atoms with van der Waals surface area (Å²) < 4.78 is 5.24. The maximum Gasteiger partial charge on any atom is 0.407 e. The highest BCUT2D eigenvalue weighted by molar-refractivity contribution is 5.68. The summed E-state index contributed by atoms with van der Waals surface area (Å²) >= 11 is 0. The Balaban J connectivity index is 2.71. The van der Waals surface area contributed by atoms with E-state index >= 15 is 0 Å². The zero-order valence-corrected chi connectivity index (χ0v) is 12.7. The van der Waals surface area contributed by atoms with Crippen molar-refractivity contribution < 1.29 is 14.6 Å². The molecule has 112 valence electrons. The fourth-order valence-electron chi connectivity index (χ4n) is 1.96. The molecule has 1 aromatic carbocycles. The molecule has 2 atom stereocenters. The number of nitrogens with one attached hydrogen (secondary N) is 1. The smallest absolute Gasteiger partial charge is 0.407 e. The van der Waals surface area contributed by atoms with Gasteiger partial charge >= 0.3 is 6.09 Å². The topological polar surface area (TPSA) is 58.6 Å². The maximum atomic E-state index is 11.8. The molecule has 0 radical (unpaired) electrons. The van der Waals surface area contributed by atoms with E-state index in [2.05, 4.69) is 5.32 Å². The fourth-order valence-corrected chi connectivity index (χ4v) is 1.96. The number of hydrogen-bond acceptors (Lipinski definition) is 3. The molecule has 0 bridgehead atoms. The van der Waals surface area contributed by atoms with Gasteiger partial charge in [-0.05, 0) is 32.8 Å². The lowest BCUT2D eigenvalue weighted by molar-refractivity contribution is 0.0413. The Morgan fingerprint density at radius 3 is 2.40 bits per heavy atom. The monoisotopic (exact) mass is 279 g/mol. The summed E-state index contributed by atoms with van der Waals surface area (Å²) in [5.74, 6) is 0. The number of rotatable bonds is 5. The van der Waals surface area contributed by atoms with Crippen molar-refractivity contribution >= 4 is 6.09 Å². The molecule has 0 aliphatic carbocycles. The van der Waals surface area contributed by atoms with Gasteiger partial charge in [-0.1, -0.05) is 43.7 Å². The molecular formula is C16H25NO3. The van der Waals surface area contributed by atoms with Crippen LogP contribution in [0.5, 0.6) is 0 Å². The first-order chi connectivity index (χ1) is 9.33.